The molecular formula is C24H30FN3O4. The minimum atomic E-state index is -0.443. The zero-order chi connectivity index (χ0) is 22.8. The van der Waals surface area contributed by atoms with E-state index in [1.807, 2.05) is 43.3 Å². The van der Waals surface area contributed by atoms with Crippen LogP contribution < -0.4 is 9.57 Å². The van der Waals surface area contributed by atoms with Gasteiger partial charge in [0.25, 0.3) is 6.02 Å². The van der Waals surface area contributed by atoms with Gasteiger partial charge in [-0.15, -0.1) is 0 Å². The number of ether oxygens (including phenoxy) is 3. The smallest absolute Gasteiger partial charge is 0.286 e. The van der Waals surface area contributed by atoms with E-state index in [2.05, 4.69) is 10.1 Å². The first kappa shape index (κ1) is 23.5. The third-order valence-corrected chi connectivity index (χ3v) is 4.93. The van der Waals surface area contributed by atoms with Crippen molar-refractivity contribution in [1.29, 1.82) is 0 Å². The summed E-state index contributed by atoms with van der Waals surface area (Å²) in [5.41, 5.74) is 2.01. The summed E-state index contributed by atoms with van der Waals surface area (Å²) in [7, 11) is 5.36. The third kappa shape index (κ3) is 7.53. The van der Waals surface area contributed by atoms with Crippen LogP contribution in [0.1, 0.15) is 24.0 Å². The Balaban J connectivity index is 1.53. The summed E-state index contributed by atoms with van der Waals surface area (Å²) in [6.45, 7) is 2.28. The molecule has 0 aromatic heterocycles. The number of aliphatic imine (C=N–C) groups is 1. The highest BCUT2D eigenvalue weighted by molar-refractivity contribution is 5.73. The van der Waals surface area contributed by atoms with E-state index in [1.54, 1.807) is 19.4 Å². The van der Waals surface area contributed by atoms with Crippen molar-refractivity contribution in [3.05, 3.63) is 59.4 Å². The molecule has 1 fully saturated rings. The Hall–Kier alpha value is -3.13. The topological polar surface area (TPSA) is 64.9 Å². The lowest BCUT2D eigenvalue weighted by atomic mass is 10.0. The zero-order valence-corrected chi connectivity index (χ0v) is 18.8. The first-order chi connectivity index (χ1) is 15.5. The Kier molecular flexibility index (Phi) is 8.86. The summed E-state index contributed by atoms with van der Waals surface area (Å²) in [4.78, 5) is 11.6. The lowest BCUT2D eigenvalue weighted by Crippen LogP contribution is -2.23. The van der Waals surface area contributed by atoms with Crippen LogP contribution in [-0.4, -0.2) is 51.6 Å². The number of nitrogens with zero attached hydrogens (tertiary/aromatic N) is 3. The summed E-state index contributed by atoms with van der Waals surface area (Å²) >= 11 is 0. The quantitative estimate of drug-likeness (QED) is 0.347. The molecule has 0 bridgehead atoms. The second-order valence-corrected chi connectivity index (χ2v) is 7.72. The van der Waals surface area contributed by atoms with Crippen LogP contribution in [0.3, 0.4) is 0 Å². The molecule has 0 radical (unpaired) electrons. The first-order valence-corrected chi connectivity index (χ1v) is 10.6. The van der Waals surface area contributed by atoms with E-state index in [1.165, 1.54) is 12.1 Å². The molecule has 0 amide bonds. The van der Waals surface area contributed by atoms with Gasteiger partial charge in [0.1, 0.15) is 18.2 Å². The standard InChI is InChI=1S/C24H30FN3O4/c1-28(2)24(29-3)26-15-18-4-6-20(7-5-18)17-31-22-12-21(25)13-23(14-22)32-27-16-19-8-10-30-11-9-19/h4-7,12-14,16,19H,8-11,15,17H2,1-3H3/b26-24-,27-16?. The van der Waals surface area contributed by atoms with Crippen molar-refractivity contribution in [2.24, 2.45) is 16.1 Å². The highest BCUT2D eigenvalue weighted by atomic mass is 19.1. The predicted molar refractivity (Wildman–Crippen MR) is 122 cm³/mol. The molecule has 0 aliphatic carbocycles. The van der Waals surface area contributed by atoms with Crippen molar-refractivity contribution in [2.75, 3.05) is 34.4 Å². The maximum Gasteiger partial charge on any atom is 0.286 e. The number of rotatable bonds is 8. The van der Waals surface area contributed by atoms with Gasteiger partial charge in [-0.05, 0) is 24.0 Å². The van der Waals surface area contributed by atoms with Gasteiger partial charge >= 0.3 is 0 Å². The van der Waals surface area contributed by atoms with Crippen molar-refractivity contribution in [1.82, 2.24) is 4.90 Å². The van der Waals surface area contributed by atoms with Crippen LogP contribution in [0.4, 0.5) is 4.39 Å². The van der Waals surface area contributed by atoms with Crippen LogP contribution in [0.5, 0.6) is 11.5 Å². The Morgan fingerprint density at radius 1 is 1.09 bits per heavy atom. The molecule has 3 rings (SSSR count). The maximum atomic E-state index is 14.0. The van der Waals surface area contributed by atoms with Gasteiger partial charge < -0.3 is 23.9 Å². The second-order valence-electron chi connectivity index (χ2n) is 7.72. The average Bonchev–Trinajstić information content (AvgIpc) is 2.79. The van der Waals surface area contributed by atoms with E-state index in [0.717, 1.165) is 37.2 Å². The van der Waals surface area contributed by atoms with Gasteiger partial charge in [0.05, 0.1) is 13.7 Å². The monoisotopic (exact) mass is 443 g/mol. The SMILES string of the molecule is CO/C(=N\Cc1ccc(COc2cc(F)cc(ON=CC3CCOCC3)c2)cc1)N(C)C. The van der Waals surface area contributed by atoms with Crippen molar-refractivity contribution < 1.29 is 23.4 Å². The van der Waals surface area contributed by atoms with E-state index in [4.69, 9.17) is 19.0 Å². The normalized spacial score (nSPS) is 15.1. The van der Waals surface area contributed by atoms with E-state index in [9.17, 15) is 4.39 Å². The summed E-state index contributed by atoms with van der Waals surface area (Å²) in [6.07, 6.45) is 3.59. The molecule has 1 heterocycles. The van der Waals surface area contributed by atoms with Crippen molar-refractivity contribution in [3.63, 3.8) is 0 Å². The average molecular weight is 444 g/mol. The molecule has 32 heavy (non-hydrogen) atoms. The number of benzene rings is 2. The summed E-state index contributed by atoms with van der Waals surface area (Å²) in [5.74, 6) is 0.560. The molecule has 0 atom stereocenters. The fourth-order valence-corrected chi connectivity index (χ4v) is 3.17. The molecule has 8 heteroatoms. The van der Waals surface area contributed by atoms with E-state index in [-0.39, 0.29) is 0 Å². The van der Waals surface area contributed by atoms with Crippen molar-refractivity contribution >= 4 is 12.2 Å². The van der Waals surface area contributed by atoms with E-state index < -0.39 is 5.82 Å². The lowest BCUT2D eigenvalue weighted by molar-refractivity contribution is 0.0833. The van der Waals surface area contributed by atoms with Gasteiger partial charge in [0, 0.05) is 57.6 Å². The molecule has 0 N–H and O–H groups in total. The molecule has 2 aromatic rings. The minimum absolute atomic E-state index is 0.298. The predicted octanol–water partition coefficient (Wildman–Crippen LogP) is 4.26. The van der Waals surface area contributed by atoms with Gasteiger partial charge in [-0.3, -0.25) is 0 Å². The molecular weight excluding hydrogens is 413 g/mol. The van der Waals surface area contributed by atoms with Gasteiger partial charge in [-0.2, -0.15) is 0 Å². The number of methoxy groups -OCH3 is 1. The number of amidine groups is 1. The maximum absolute atomic E-state index is 14.0. The molecule has 1 aliphatic rings. The van der Waals surface area contributed by atoms with Crippen LogP contribution in [0.15, 0.2) is 52.6 Å². The minimum Gasteiger partial charge on any atom is -0.489 e. The van der Waals surface area contributed by atoms with Crippen molar-refractivity contribution in [2.45, 2.75) is 26.0 Å². The number of oxime groups is 1. The Morgan fingerprint density at radius 3 is 2.47 bits per heavy atom. The van der Waals surface area contributed by atoms with E-state index >= 15 is 0 Å². The van der Waals surface area contributed by atoms with Crippen LogP contribution in [0, 0.1) is 11.7 Å². The van der Waals surface area contributed by atoms with E-state index in [0.29, 0.717) is 36.6 Å². The van der Waals surface area contributed by atoms with Crippen LogP contribution in [0.2, 0.25) is 0 Å². The Bertz CT molecular complexity index is 910. The largest absolute Gasteiger partial charge is 0.489 e. The fourth-order valence-electron chi connectivity index (χ4n) is 3.17. The molecule has 7 nitrogen and oxygen atoms in total. The van der Waals surface area contributed by atoms with Crippen LogP contribution in [-0.2, 0) is 22.6 Å². The number of hydrogen-bond donors (Lipinski definition) is 0. The van der Waals surface area contributed by atoms with Gasteiger partial charge in [-0.25, -0.2) is 9.38 Å². The number of hydrogen-bond acceptors (Lipinski definition) is 6. The van der Waals surface area contributed by atoms with Crippen molar-refractivity contribution in [3.8, 4) is 11.5 Å². The molecule has 0 saturated carbocycles. The highest BCUT2D eigenvalue weighted by Gasteiger charge is 2.11. The molecule has 2 aromatic carbocycles. The molecule has 1 saturated heterocycles. The fraction of sp³-hybridized carbons (Fsp3) is 0.417. The summed E-state index contributed by atoms with van der Waals surface area (Å²) in [6, 6.07) is 12.7. The molecule has 1 aliphatic heterocycles. The third-order valence-electron chi connectivity index (χ3n) is 4.93. The van der Waals surface area contributed by atoms with Gasteiger partial charge in [0.2, 0.25) is 0 Å². The van der Waals surface area contributed by atoms with Gasteiger partial charge in [0.15, 0.2) is 5.75 Å². The first-order valence-electron chi connectivity index (χ1n) is 10.6. The lowest BCUT2D eigenvalue weighted by Gasteiger charge is -2.17. The van der Waals surface area contributed by atoms with Crippen LogP contribution >= 0.6 is 0 Å². The second kappa shape index (κ2) is 12.0. The Labute approximate surface area is 188 Å². The number of halogens is 1. The Morgan fingerprint density at radius 2 is 1.78 bits per heavy atom. The summed E-state index contributed by atoms with van der Waals surface area (Å²) in [5, 5.41) is 4.00. The summed E-state index contributed by atoms with van der Waals surface area (Å²) < 4.78 is 30.3. The molecule has 172 valence electrons. The highest BCUT2D eigenvalue weighted by Crippen LogP contribution is 2.23. The van der Waals surface area contributed by atoms with Crippen LogP contribution in [0.25, 0.3) is 0 Å². The van der Waals surface area contributed by atoms with Gasteiger partial charge in [-0.1, -0.05) is 29.4 Å². The zero-order valence-electron chi connectivity index (χ0n) is 18.8. The molecule has 0 unspecified atom stereocenters. The molecule has 0 spiro atoms.